The number of amides is 1. The lowest BCUT2D eigenvalue weighted by molar-refractivity contribution is -0.135. The Labute approximate surface area is 166 Å². The van der Waals surface area contributed by atoms with E-state index in [1.54, 1.807) is 29.2 Å². The van der Waals surface area contributed by atoms with Crippen molar-refractivity contribution in [1.29, 1.82) is 0 Å². The van der Waals surface area contributed by atoms with Crippen molar-refractivity contribution < 1.29 is 19.1 Å². The predicted octanol–water partition coefficient (Wildman–Crippen LogP) is 3.72. The Kier molecular flexibility index (Phi) is 7.06. The standard InChI is InChI=1S/C23H27NO4/c1-2-27-21-11-7-6-10-20(21)23(26)28-17-22(25)24-14-12-19(13-15-24)16-18-8-4-3-5-9-18/h3-11,19H,2,12-17H2,1H3. The summed E-state index contributed by atoms with van der Waals surface area (Å²) in [6, 6.07) is 17.4. The minimum absolute atomic E-state index is 0.139. The number of ether oxygens (including phenoxy) is 2. The van der Waals surface area contributed by atoms with Crippen LogP contribution in [-0.4, -0.2) is 43.1 Å². The van der Waals surface area contributed by atoms with Gasteiger partial charge in [0, 0.05) is 13.1 Å². The molecule has 1 fully saturated rings. The van der Waals surface area contributed by atoms with E-state index in [0.29, 0.717) is 36.9 Å². The Morgan fingerprint density at radius 3 is 2.39 bits per heavy atom. The summed E-state index contributed by atoms with van der Waals surface area (Å²) >= 11 is 0. The zero-order valence-corrected chi connectivity index (χ0v) is 16.3. The number of carbonyl (C=O) groups is 2. The van der Waals surface area contributed by atoms with Crippen LogP contribution in [-0.2, 0) is 16.0 Å². The van der Waals surface area contributed by atoms with Crippen molar-refractivity contribution in [2.45, 2.75) is 26.2 Å². The van der Waals surface area contributed by atoms with Crippen LogP contribution in [0, 0.1) is 5.92 Å². The molecule has 1 amide bonds. The van der Waals surface area contributed by atoms with Gasteiger partial charge >= 0.3 is 5.97 Å². The molecule has 0 atom stereocenters. The molecular weight excluding hydrogens is 354 g/mol. The van der Waals surface area contributed by atoms with Gasteiger partial charge in [-0.05, 0) is 49.8 Å². The third-order valence-electron chi connectivity index (χ3n) is 5.07. The van der Waals surface area contributed by atoms with Crippen molar-refractivity contribution in [3.8, 4) is 5.75 Å². The molecule has 28 heavy (non-hydrogen) atoms. The first-order valence-corrected chi connectivity index (χ1v) is 9.88. The van der Waals surface area contributed by atoms with Crippen LogP contribution < -0.4 is 4.74 Å². The molecule has 2 aromatic rings. The quantitative estimate of drug-likeness (QED) is 0.686. The molecule has 5 nitrogen and oxygen atoms in total. The molecule has 0 unspecified atom stereocenters. The number of rotatable bonds is 7. The monoisotopic (exact) mass is 381 g/mol. The molecule has 0 N–H and O–H groups in total. The maximum Gasteiger partial charge on any atom is 0.342 e. The molecular formula is C23H27NO4. The van der Waals surface area contributed by atoms with Crippen molar-refractivity contribution in [3.63, 3.8) is 0 Å². The van der Waals surface area contributed by atoms with Gasteiger partial charge < -0.3 is 14.4 Å². The van der Waals surface area contributed by atoms with Crippen LogP contribution in [0.1, 0.15) is 35.7 Å². The summed E-state index contributed by atoms with van der Waals surface area (Å²) in [6.45, 7) is 3.50. The van der Waals surface area contributed by atoms with E-state index >= 15 is 0 Å². The molecule has 0 bridgehead atoms. The highest BCUT2D eigenvalue weighted by Gasteiger charge is 2.24. The molecule has 0 aromatic heterocycles. The van der Waals surface area contributed by atoms with Gasteiger partial charge in [0.05, 0.1) is 6.61 Å². The minimum Gasteiger partial charge on any atom is -0.493 e. The predicted molar refractivity (Wildman–Crippen MR) is 107 cm³/mol. The third kappa shape index (κ3) is 5.35. The van der Waals surface area contributed by atoms with Crippen LogP contribution in [0.4, 0.5) is 0 Å². The number of esters is 1. The molecule has 0 aliphatic carbocycles. The maximum absolute atomic E-state index is 12.4. The van der Waals surface area contributed by atoms with Gasteiger partial charge in [-0.25, -0.2) is 4.79 Å². The van der Waals surface area contributed by atoms with E-state index in [4.69, 9.17) is 9.47 Å². The van der Waals surface area contributed by atoms with Crippen LogP contribution in [0.2, 0.25) is 0 Å². The van der Waals surface area contributed by atoms with E-state index in [2.05, 4.69) is 24.3 Å². The van der Waals surface area contributed by atoms with E-state index in [0.717, 1.165) is 19.3 Å². The number of hydrogen-bond acceptors (Lipinski definition) is 4. The Hall–Kier alpha value is -2.82. The lowest BCUT2D eigenvalue weighted by Gasteiger charge is -2.32. The summed E-state index contributed by atoms with van der Waals surface area (Å²) in [5, 5.41) is 0. The van der Waals surface area contributed by atoms with Gasteiger partial charge in [0.1, 0.15) is 11.3 Å². The summed E-state index contributed by atoms with van der Waals surface area (Å²) in [5.74, 6) is 0.396. The second-order valence-electron chi connectivity index (χ2n) is 7.02. The number of benzene rings is 2. The average Bonchev–Trinajstić information content (AvgIpc) is 2.74. The molecule has 0 spiro atoms. The van der Waals surface area contributed by atoms with Crippen LogP contribution >= 0.6 is 0 Å². The molecule has 3 rings (SSSR count). The highest BCUT2D eigenvalue weighted by molar-refractivity contribution is 5.94. The van der Waals surface area contributed by atoms with Crippen molar-refractivity contribution in [3.05, 3.63) is 65.7 Å². The van der Waals surface area contributed by atoms with Crippen molar-refractivity contribution in [2.24, 2.45) is 5.92 Å². The largest absolute Gasteiger partial charge is 0.493 e. The molecule has 0 radical (unpaired) electrons. The van der Waals surface area contributed by atoms with Crippen LogP contribution in [0.15, 0.2) is 54.6 Å². The number of likely N-dealkylation sites (tertiary alicyclic amines) is 1. The molecule has 0 saturated carbocycles. The normalized spacial score (nSPS) is 14.5. The summed E-state index contributed by atoms with van der Waals surface area (Å²) in [6.07, 6.45) is 3.00. The van der Waals surface area contributed by atoms with Gasteiger partial charge in [0.25, 0.3) is 5.91 Å². The minimum atomic E-state index is -0.531. The maximum atomic E-state index is 12.4. The van der Waals surface area contributed by atoms with Gasteiger partial charge in [-0.3, -0.25) is 4.79 Å². The Morgan fingerprint density at radius 2 is 1.68 bits per heavy atom. The van der Waals surface area contributed by atoms with Gasteiger partial charge in [-0.1, -0.05) is 42.5 Å². The van der Waals surface area contributed by atoms with Gasteiger partial charge in [-0.15, -0.1) is 0 Å². The van der Waals surface area contributed by atoms with Crippen molar-refractivity contribution >= 4 is 11.9 Å². The third-order valence-corrected chi connectivity index (χ3v) is 5.07. The first-order chi connectivity index (χ1) is 13.7. The molecule has 1 saturated heterocycles. The van der Waals surface area contributed by atoms with Gasteiger partial charge in [-0.2, -0.15) is 0 Å². The fourth-order valence-electron chi connectivity index (χ4n) is 3.55. The molecule has 1 heterocycles. The molecule has 148 valence electrons. The van der Waals surface area contributed by atoms with Gasteiger partial charge in [0.15, 0.2) is 6.61 Å². The first-order valence-electron chi connectivity index (χ1n) is 9.88. The molecule has 1 aliphatic rings. The topological polar surface area (TPSA) is 55.8 Å². The molecule has 2 aromatic carbocycles. The van der Waals surface area contributed by atoms with Crippen LogP contribution in [0.3, 0.4) is 0 Å². The lowest BCUT2D eigenvalue weighted by atomic mass is 9.90. The number of piperidine rings is 1. The first kappa shape index (κ1) is 19.9. The summed E-state index contributed by atoms with van der Waals surface area (Å²) in [7, 11) is 0. The summed E-state index contributed by atoms with van der Waals surface area (Å²) in [4.78, 5) is 26.5. The van der Waals surface area contributed by atoms with E-state index < -0.39 is 5.97 Å². The highest BCUT2D eigenvalue weighted by atomic mass is 16.5. The fourth-order valence-corrected chi connectivity index (χ4v) is 3.55. The summed E-state index contributed by atoms with van der Waals surface area (Å²) in [5.41, 5.74) is 1.69. The Bertz CT molecular complexity index is 782. The van der Waals surface area contributed by atoms with Gasteiger partial charge in [0.2, 0.25) is 0 Å². The van der Waals surface area contributed by atoms with Crippen LogP contribution in [0.5, 0.6) is 5.75 Å². The second kappa shape index (κ2) is 9.93. The zero-order chi connectivity index (χ0) is 19.8. The van der Waals surface area contributed by atoms with Crippen LogP contribution in [0.25, 0.3) is 0 Å². The Balaban J connectivity index is 1.45. The second-order valence-corrected chi connectivity index (χ2v) is 7.02. The van der Waals surface area contributed by atoms with E-state index in [1.807, 2.05) is 13.0 Å². The smallest absolute Gasteiger partial charge is 0.342 e. The van der Waals surface area contributed by atoms with E-state index in [9.17, 15) is 9.59 Å². The molecule has 5 heteroatoms. The fraction of sp³-hybridized carbons (Fsp3) is 0.391. The molecule has 1 aliphatic heterocycles. The van der Waals surface area contributed by atoms with E-state index in [1.165, 1.54) is 5.56 Å². The number of nitrogens with zero attached hydrogens (tertiary/aromatic N) is 1. The SMILES string of the molecule is CCOc1ccccc1C(=O)OCC(=O)N1CCC(Cc2ccccc2)CC1. The number of carbonyl (C=O) groups excluding carboxylic acids is 2. The summed E-state index contributed by atoms with van der Waals surface area (Å²) < 4.78 is 10.7. The lowest BCUT2D eigenvalue weighted by Crippen LogP contribution is -2.41. The van der Waals surface area contributed by atoms with E-state index in [-0.39, 0.29) is 12.5 Å². The Morgan fingerprint density at radius 1 is 1.00 bits per heavy atom. The number of para-hydroxylation sites is 1. The zero-order valence-electron chi connectivity index (χ0n) is 16.3. The van der Waals surface area contributed by atoms with Crippen molar-refractivity contribution in [2.75, 3.05) is 26.3 Å². The number of hydrogen-bond donors (Lipinski definition) is 0. The highest BCUT2D eigenvalue weighted by Crippen LogP contribution is 2.22. The van der Waals surface area contributed by atoms with Crippen molar-refractivity contribution in [1.82, 2.24) is 4.90 Å². The average molecular weight is 381 g/mol.